The van der Waals surface area contributed by atoms with Crippen molar-refractivity contribution in [1.82, 2.24) is 15.5 Å². The normalized spacial score (nSPS) is 31.2. The summed E-state index contributed by atoms with van der Waals surface area (Å²) in [6.45, 7) is 3.32. The van der Waals surface area contributed by atoms with Crippen LogP contribution in [0.3, 0.4) is 0 Å². The zero-order valence-corrected chi connectivity index (χ0v) is 6.93. The van der Waals surface area contributed by atoms with Gasteiger partial charge in [-0.05, 0) is 6.42 Å². The lowest BCUT2D eigenvalue weighted by molar-refractivity contribution is 0.271. The fourth-order valence-corrected chi connectivity index (χ4v) is 1.73. The molecule has 1 saturated heterocycles. The summed E-state index contributed by atoms with van der Waals surface area (Å²) in [5, 5.41) is 6.86. The maximum atomic E-state index is 3.43. The molecule has 11 heavy (non-hydrogen) atoms. The third kappa shape index (κ3) is 1.26. The molecule has 0 spiro atoms. The Labute approximate surface area is 67.5 Å². The molecule has 1 fully saturated rings. The molecule has 3 nitrogen and oxygen atoms in total. The Morgan fingerprint density at radius 2 is 2.27 bits per heavy atom. The van der Waals surface area contributed by atoms with Crippen LogP contribution < -0.4 is 10.6 Å². The average Bonchev–Trinajstić information content (AvgIpc) is 2.06. The van der Waals surface area contributed by atoms with Gasteiger partial charge in [-0.1, -0.05) is 6.08 Å². The summed E-state index contributed by atoms with van der Waals surface area (Å²) in [5.74, 6) is 0. The topological polar surface area (TPSA) is 27.3 Å². The van der Waals surface area contributed by atoms with Crippen molar-refractivity contribution in [2.45, 2.75) is 12.6 Å². The summed E-state index contributed by atoms with van der Waals surface area (Å²) in [6, 6.07) is 0. The average molecular weight is 153 g/mol. The first-order chi connectivity index (χ1) is 5.38. The zero-order chi connectivity index (χ0) is 7.68. The van der Waals surface area contributed by atoms with Crippen molar-refractivity contribution in [2.24, 2.45) is 0 Å². The van der Waals surface area contributed by atoms with E-state index in [1.165, 1.54) is 5.70 Å². The minimum absolute atomic E-state index is 0.419. The van der Waals surface area contributed by atoms with Crippen molar-refractivity contribution in [3.05, 3.63) is 11.8 Å². The number of rotatable bonds is 0. The molecule has 0 amide bonds. The van der Waals surface area contributed by atoms with Crippen LogP contribution in [0.5, 0.6) is 0 Å². The van der Waals surface area contributed by atoms with E-state index in [1.807, 2.05) is 0 Å². The first-order valence-electron chi connectivity index (χ1n) is 4.26. The fourth-order valence-electron chi connectivity index (χ4n) is 1.73. The van der Waals surface area contributed by atoms with Crippen LogP contribution in [-0.2, 0) is 0 Å². The predicted octanol–water partition coefficient (Wildman–Crippen LogP) is -0.275. The van der Waals surface area contributed by atoms with Gasteiger partial charge in [0.05, 0.1) is 6.17 Å². The molecule has 2 N–H and O–H groups in total. The number of fused-ring (bicyclic) bond motifs is 1. The van der Waals surface area contributed by atoms with Crippen molar-refractivity contribution >= 4 is 0 Å². The van der Waals surface area contributed by atoms with Gasteiger partial charge in [0.25, 0.3) is 0 Å². The Morgan fingerprint density at radius 1 is 1.45 bits per heavy atom. The predicted molar refractivity (Wildman–Crippen MR) is 45.1 cm³/mol. The van der Waals surface area contributed by atoms with E-state index in [-0.39, 0.29) is 0 Å². The highest BCUT2D eigenvalue weighted by atomic mass is 15.3. The van der Waals surface area contributed by atoms with Gasteiger partial charge in [-0.25, -0.2) is 0 Å². The molecule has 0 saturated carbocycles. The Morgan fingerprint density at radius 3 is 3.09 bits per heavy atom. The van der Waals surface area contributed by atoms with Crippen LogP contribution in [0.1, 0.15) is 6.42 Å². The molecule has 2 rings (SSSR count). The highest BCUT2D eigenvalue weighted by molar-refractivity contribution is 5.13. The standard InChI is InChI=1S/C8H15N3/c1-11-6-5-10-8-7(11)3-2-4-9-8/h3,8-10H,2,4-6H2,1H3. The molecule has 3 heteroatoms. The molecule has 1 atom stereocenters. The highest BCUT2D eigenvalue weighted by Gasteiger charge is 2.22. The smallest absolute Gasteiger partial charge is 0.0984 e. The summed E-state index contributed by atoms with van der Waals surface area (Å²) in [4.78, 5) is 2.33. The number of piperazine rings is 1. The first kappa shape index (κ1) is 7.13. The van der Waals surface area contributed by atoms with Gasteiger partial charge in [0, 0.05) is 32.4 Å². The molecule has 2 aliphatic heterocycles. The van der Waals surface area contributed by atoms with Crippen LogP contribution >= 0.6 is 0 Å². The Bertz CT molecular complexity index is 176. The van der Waals surface area contributed by atoms with Crippen molar-refractivity contribution in [1.29, 1.82) is 0 Å². The van der Waals surface area contributed by atoms with Gasteiger partial charge in [-0.3, -0.25) is 10.6 Å². The van der Waals surface area contributed by atoms with E-state index in [4.69, 9.17) is 0 Å². The Hall–Kier alpha value is -0.540. The highest BCUT2D eigenvalue weighted by Crippen LogP contribution is 2.13. The van der Waals surface area contributed by atoms with Crippen molar-refractivity contribution in [2.75, 3.05) is 26.7 Å². The van der Waals surface area contributed by atoms with Crippen LogP contribution in [0.15, 0.2) is 11.8 Å². The lowest BCUT2D eigenvalue weighted by atomic mass is 10.1. The molecule has 0 aromatic carbocycles. The summed E-state index contributed by atoms with van der Waals surface area (Å²) >= 11 is 0. The van der Waals surface area contributed by atoms with Crippen LogP contribution in [0.4, 0.5) is 0 Å². The molecule has 2 aliphatic rings. The SMILES string of the molecule is CN1CCNC2NCCC=C21. The molecule has 0 aromatic rings. The van der Waals surface area contributed by atoms with Crippen molar-refractivity contribution < 1.29 is 0 Å². The Balaban J connectivity index is 2.14. The molecular weight excluding hydrogens is 138 g/mol. The summed E-state index contributed by atoms with van der Waals surface area (Å²) in [5.41, 5.74) is 1.42. The van der Waals surface area contributed by atoms with Gasteiger partial charge < -0.3 is 4.90 Å². The van der Waals surface area contributed by atoms with Gasteiger partial charge >= 0.3 is 0 Å². The maximum absolute atomic E-state index is 3.43. The minimum atomic E-state index is 0.419. The van der Waals surface area contributed by atoms with Gasteiger partial charge in [0.15, 0.2) is 0 Å². The van der Waals surface area contributed by atoms with E-state index in [0.717, 1.165) is 26.1 Å². The van der Waals surface area contributed by atoms with Gasteiger partial charge in [0.1, 0.15) is 0 Å². The van der Waals surface area contributed by atoms with E-state index in [1.54, 1.807) is 0 Å². The Kier molecular flexibility index (Phi) is 1.84. The molecular formula is C8H15N3. The third-order valence-electron chi connectivity index (χ3n) is 2.38. The lowest BCUT2D eigenvalue weighted by Crippen LogP contribution is -2.55. The van der Waals surface area contributed by atoms with Gasteiger partial charge in [0.2, 0.25) is 0 Å². The number of nitrogens with zero attached hydrogens (tertiary/aromatic N) is 1. The molecule has 62 valence electrons. The second kappa shape index (κ2) is 2.83. The minimum Gasteiger partial charge on any atom is -0.374 e. The van der Waals surface area contributed by atoms with E-state index in [0.29, 0.717) is 6.17 Å². The van der Waals surface area contributed by atoms with Crippen LogP contribution in [0.2, 0.25) is 0 Å². The van der Waals surface area contributed by atoms with Gasteiger partial charge in [-0.2, -0.15) is 0 Å². The zero-order valence-electron chi connectivity index (χ0n) is 6.93. The number of likely N-dealkylation sites (N-methyl/N-ethyl adjacent to an activating group) is 1. The second-order valence-electron chi connectivity index (χ2n) is 3.18. The van der Waals surface area contributed by atoms with Crippen LogP contribution in [0, 0.1) is 0 Å². The second-order valence-corrected chi connectivity index (χ2v) is 3.18. The number of hydrogen-bond acceptors (Lipinski definition) is 3. The molecule has 2 heterocycles. The van der Waals surface area contributed by atoms with E-state index in [2.05, 4.69) is 28.7 Å². The van der Waals surface area contributed by atoms with Gasteiger partial charge in [-0.15, -0.1) is 0 Å². The van der Waals surface area contributed by atoms with E-state index < -0.39 is 0 Å². The number of hydrogen-bond donors (Lipinski definition) is 2. The van der Waals surface area contributed by atoms with E-state index >= 15 is 0 Å². The third-order valence-corrected chi connectivity index (χ3v) is 2.38. The number of nitrogens with one attached hydrogen (secondary N) is 2. The summed E-state index contributed by atoms with van der Waals surface area (Å²) < 4.78 is 0. The maximum Gasteiger partial charge on any atom is 0.0984 e. The quantitative estimate of drug-likeness (QED) is 0.501. The largest absolute Gasteiger partial charge is 0.374 e. The first-order valence-corrected chi connectivity index (χ1v) is 4.26. The monoisotopic (exact) mass is 153 g/mol. The summed E-state index contributed by atoms with van der Waals surface area (Å²) in [7, 11) is 2.16. The van der Waals surface area contributed by atoms with Crippen LogP contribution in [-0.4, -0.2) is 37.7 Å². The lowest BCUT2D eigenvalue weighted by Gasteiger charge is -2.38. The van der Waals surface area contributed by atoms with Crippen molar-refractivity contribution in [3.63, 3.8) is 0 Å². The molecule has 0 bridgehead atoms. The fraction of sp³-hybridized carbons (Fsp3) is 0.750. The molecule has 0 aliphatic carbocycles. The summed E-state index contributed by atoms with van der Waals surface area (Å²) in [6.07, 6.45) is 3.91. The van der Waals surface area contributed by atoms with Crippen LogP contribution in [0.25, 0.3) is 0 Å². The van der Waals surface area contributed by atoms with Crippen molar-refractivity contribution in [3.8, 4) is 0 Å². The molecule has 0 aromatic heterocycles. The van der Waals surface area contributed by atoms with E-state index in [9.17, 15) is 0 Å². The molecule has 0 radical (unpaired) electrons. The molecule has 1 unspecified atom stereocenters.